The fraction of sp³-hybridized carbons (Fsp3) is 0.250. The maximum atomic E-state index is 12.6. The van der Waals surface area contributed by atoms with Crippen LogP contribution in [0.5, 0.6) is 0 Å². The standard InChI is InChI=1S/C12H13FN2O/c1-2-14-12(16)15-9-3-4-10-5-7-11(13)8-6-10/h5-8H,2,9H2,1H3,(H2,14,15,16). The van der Waals surface area contributed by atoms with E-state index < -0.39 is 0 Å². The Balaban J connectivity index is 2.38. The molecule has 0 heterocycles. The summed E-state index contributed by atoms with van der Waals surface area (Å²) < 4.78 is 12.6. The highest BCUT2D eigenvalue weighted by atomic mass is 19.1. The number of hydrogen-bond donors (Lipinski definition) is 2. The predicted octanol–water partition coefficient (Wildman–Crippen LogP) is 1.50. The SMILES string of the molecule is CCNC(=O)NCC#Cc1ccc(F)cc1. The first-order valence-corrected chi connectivity index (χ1v) is 4.98. The molecule has 0 radical (unpaired) electrons. The fourth-order valence-electron chi connectivity index (χ4n) is 1.03. The average molecular weight is 220 g/mol. The highest BCUT2D eigenvalue weighted by Crippen LogP contribution is 1.99. The number of nitrogens with one attached hydrogen (secondary N) is 2. The molecule has 0 aliphatic rings. The number of amides is 2. The van der Waals surface area contributed by atoms with Gasteiger partial charge in [-0.05, 0) is 31.2 Å². The lowest BCUT2D eigenvalue weighted by atomic mass is 10.2. The fourth-order valence-corrected chi connectivity index (χ4v) is 1.03. The Bertz CT molecular complexity index is 403. The summed E-state index contributed by atoms with van der Waals surface area (Å²) in [7, 11) is 0. The molecule has 0 saturated heterocycles. The lowest BCUT2D eigenvalue weighted by Gasteiger charge is -2.00. The summed E-state index contributed by atoms with van der Waals surface area (Å²) in [6.07, 6.45) is 0. The summed E-state index contributed by atoms with van der Waals surface area (Å²) in [5.41, 5.74) is 0.721. The molecule has 3 nitrogen and oxygen atoms in total. The van der Waals surface area contributed by atoms with Crippen LogP contribution >= 0.6 is 0 Å². The summed E-state index contributed by atoms with van der Waals surface area (Å²) in [5.74, 6) is 5.29. The van der Waals surface area contributed by atoms with Gasteiger partial charge in [-0.2, -0.15) is 0 Å². The Kier molecular flexibility index (Phi) is 4.87. The average Bonchev–Trinajstić information content (AvgIpc) is 2.27. The van der Waals surface area contributed by atoms with E-state index in [-0.39, 0.29) is 18.4 Å². The van der Waals surface area contributed by atoms with Crippen LogP contribution in [0.1, 0.15) is 12.5 Å². The van der Waals surface area contributed by atoms with Gasteiger partial charge >= 0.3 is 6.03 Å². The molecule has 0 bridgehead atoms. The van der Waals surface area contributed by atoms with E-state index in [1.54, 1.807) is 12.1 Å². The van der Waals surface area contributed by atoms with Crippen LogP contribution in [0, 0.1) is 17.7 Å². The molecule has 0 aliphatic heterocycles. The molecular weight excluding hydrogens is 207 g/mol. The maximum Gasteiger partial charge on any atom is 0.315 e. The zero-order valence-corrected chi connectivity index (χ0v) is 9.01. The Morgan fingerprint density at radius 2 is 2.00 bits per heavy atom. The molecule has 84 valence electrons. The van der Waals surface area contributed by atoms with Crippen LogP contribution in [-0.4, -0.2) is 19.1 Å². The van der Waals surface area contributed by atoms with Gasteiger partial charge in [-0.3, -0.25) is 0 Å². The number of rotatable bonds is 2. The Morgan fingerprint density at radius 1 is 1.31 bits per heavy atom. The van der Waals surface area contributed by atoms with E-state index >= 15 is 0 Å². The minimum absolute atomic E-state index is 0.240. The number of halogens is 1. The highest BCUT2D eigenvalue weighted by molar-refractivity contribution is 5.74. The normalized spacial score (nSPS) is 8.88. The quantitative estimate of drug-likeness (QED) is 0.728. The van der Waals surface area contributed by atoms with Gasteiger partial charge in [0, 0.05) is 12.1 Å². The zero-order valence-electron chi connectivity index (χ0n) is 9.01. The zero-order chi connectivity index (χ0) is 11.8. The topological polar surface area (TPSA) is 41.1 Å². The number of carbonyl (C=O) groups is 1. The largest absolute Gasteiger partial charge is 0.338 e. The van der Waals surface area contributed by atoms with Crippen molar-refractivity contribution in [3.05, 3.63) is 35.6 Å². The summed E-state index contributed by atoms with van der Waals surface area (Å²) >= 11 is 0. The van der Waals surface area contributed by atoms with Crippen molar-refractivity contribution < 1.29 is 9.18 Å². The minimum Gasteiger partial charge on any atom is -0.338 e. The molecular formula is C12H13FN2O. The van der Waals surface area contributed by atoms with Gasteiger partial charge in [-0.15, -0.1) is 0 Å². The molecule has 0 atom stereocenters. The van der Waals surface area contributed by atoms with Crippen molar-refractivity contribution in [2.24, 2.45) is 0 Å². The molecule has 2 amide bonds. The van der Waals surface area contributed by atoms with Crippen molar-refractivity contribution >= 4 is 6.03 Å². The molecule has 0 unspecified atom stereocenters. The third-order valence-electron chi connectivity index (χ3n) is 1.75. The van der Waals surface area contributed by atoms with Gasteiger partial charge in [-0.1, -0.05) is 11.8 Å². The van der Waals surface area contributed by atoms with Crippen LogP contribution in [0.3, 0.4) is 0 Å². The number of benzene rings is 1. The van der Waals surface area contributed by atoms with E-state index in [0.717, 1.165) is 5.56 Å². The lowest BCUT2D eigenvalue weighted by molar-refractivity contribution is 0.242. The summed E-state index contributed by atoms with van der Waals surface area (Å²) in [6.45, 7) is 2.68. The van der Waals surface area contributed by atoms with Gasteiger partial charge < -0.3 is 10.6 Å². The maximum absolute atomic E-state index is 12.6. The van der Waals surface area contributed by atoms with Gasteiger partial charge in [-0.25, -0.2) is 9.18 Å². The van der Waals surface area contributed by atoms with Crippen LogP contribution in [-0.2, 0) is 0 Å². The summed E-state index contributed by atoms with van der Waals surface area (Å²) in [4.78, 5) is 11.0. The smallest absolute Gasteiger partial charge is 0.315 e. The third kappa shape index (κ3) is 4.47. The van der Waals surface area contributed by atoms with Crippen LogP contribution in [0.15, 0.2) is 24.3 Å². The van der Waals surface area contributed by atoms with Crippen molar-refractivity contribution in [3.63, 3.8) is 0 Å². The molecule has 0 spiro atoms. The van der Waals surface area contributed by atoms with Crippen molar-refractivity contribution in [2.75, 3.05) is 13.1 Å². The first kappa shape index (κ1) is 12.1. The molecule has 0 fully saturated rings. The Labute approximate surface area is 94.0 Å². The molecule has 16 heavy (non-hydrogen) atoms. The molecule has 1 aromatic carbocycles. The summed E-state index contributed by atoms with van der Waals surface area (Å²) in [6, 6.07) is 5.64. The van der Waals surface area contributed by atoms with Crippen molar-refractivity contribution in [2.45, 2.75) is 6.92 Å². The van der Waals surface area contributed by atoms with Crippen molar-refractivity contribution in [1.82, 2.24) is 10.6 Å². The van der Waals surface area contributed by atoms with Crippen LogP contribution in [0.4, 0.5) is 9.18 Å². The first-order chi connectivity index (χ1) is 7.72. The second-order valence-corrected chi connectivity index (χ2v) is 3.02. The first-order valence-electron chi connectivity index (χ1n) is 4.98. The second kappa shape index (κ2) is 6.46. The van der Waals surface area contributed by atoms with Crippen LogP contribution in [0.2, 0.25) is 0 Å². The molecule has 4 heteroatoms. The van der Waals surface area contributed by atoms with E-state index in [0.29, 0.717) is 6.54 Å². The molecule has 0 aliphatic carbocycles. The van der Waals surface area contributed by atoms with Gasteiger partial charge in [0.1, 0.15) is 5.82 Å². The van der Waals surface area contributed by atoms with Crippen molar-refractivity contribution in [3.8, 4) is 11.8 Å². The van der Waals surface area contributed by atoms with Crippen molar-refractivity contribution in [1.29, 1.82) is 0 Å². The monoisotopic (exact) mass is 220 g/mol. The molecule has 0 aromatic heterocycles. The van der Waals surface area contributed by atoms with Gasteiger partial charge in [0.25, 0.3) is 0 Å². The molecule has 1 aromatic rings. The van der Waals surface area contributed by atoms with Crippen LogP contribution in [0.25, 0.3) is 0 Å². The van der Waals surface area contributed by atoms with E-state index in [9.17, 15) is 9.18 Å². The van der Waals surface area contributed by atoms with E-state index in [4.69, 9.17) is 0 Å². The van der Waals surface area contributed by atoms with E-state index in [1.165, 1.54) is 12.1 Å². The van der Waals surface area contributed by atoms with Crippen LogP contribution < -0.4 is 10.6 Å². The van der Waals surface area contributed by atoms with Gasteiger partial charge in [0.2, 0.25) is 0 Å². The number of carbonyl (C=O) groups excluding carboxylic acids is 1. The predicted molar refractivity (Wildman–Crippen MR) is 60.4 cm³/mol. The number of urea groups is 1. The Hall–Kier alpha value is -2.02. The van der Waals surface area contributed by atoms with E-state index in [2.05, 4.69) is 22.5 Å². The lowest BCUT2D eigenvalue weighted by Crippen LogP contribution is -2.35. The molecule has 2 N–H and O–H groups in total. The Morgan fingerprint density at radius 3 is 2.62 bits per heavy atom. The summed E-state index contributed by atoms with van der Waals surface area (Å²) in [5, 5.41) is 5.15. The molecule has 0 saturated carbocycles. The van der Waals surface area contributed by atoms with Gasteiger partial charge in [0.15, 0.2) is 0 Å². The van der Waals surface area contributed by atoms with E-state index in [1.807, 2.05) is 6.92 Å². The van der Waals surface area contributed by atoms with Gasteiger partial charge in [0.05, 0.1) is 6.54 Å². The second-order valence-electron chi connectivity index (χ2n) is 3.02. The number of hydrogen-bond acceptors (Lipinski definition) is 1. The molecule has 1 rings (SSSR count). The third-order valence-corrected chi connectivity index (χ3v) is 1.75. The highest BCUT2D eigenvalue weighted by Gasteiger charge is 1.92. The minimum atomic E-state index is -0.286.